The van der Waals surface area contributed by atoms with Crippen LogP contribution in [0.1, 0.15) is 5.56 Å². The summed E-state index contributed by atoms with van der Waals surface area (Å²) >= 11 is 0. The van der Waals surface area contributed by atoms with Gasteiger partial charge in [0, 0.05) is 11.4 Å². The molecule has 16 heavy (non-hydrogen) atoms. The number of benzene rings is 2. The van der Waals surface area contributed by atoms with E-state index < -0.39 is 6.80 Å². The minimum atomic E-state index is -0.521. The fraction of sp³-hybridized carbons (Fsp3) is 0.143. The van der Waals surface area contributed by atoms with Crippen molar-refractivity contribution in [1.82, 2.24) is 0 Å². The molecule has 1 nitrogen and oxygen atoms in total. The molecule has 0 aliphatic rings. The quantitative estimate of drug-likeness (QED) is 0.698. The summed E-state index contributed by atoms with van der Waals surface area (Å²) in [6.45, 7) is 1.50. The Hall–Kier alpha value is -1.83. The van der Waals surface area contributed by atoms with E-state index in [-0.39, 0.29) is 0 Å². The molecule has 0 saturated carbocycles. The molecule has 2 heteroatoms. The Labute approximate surface area is 95.1 Å². The molecular weight excluding hydrogens is 201 g/mol. The number of halogens is 1. The van der Waals surface area contributed by atoms with Crippen LogP contribution in [0.3, 0.4) is 0 Å². The van der Waals surface area contributed by atoms with Crippen LogP contribution in [0.15, 0.2) is 54.6 Å². The highest BCUT2D eigenvalue weighted by molar-refractivity contribution is 5.62. The summed E-state index contributed by atoms with van der Waals surface area (Å²) in [5.74, 6) is 0. The highest BCUT2D eigenvalue weighted by Crippen LogP contribution is 2.24. The first-order valence-electron chi connectivity index (χ1n) is 5.26. The van der Waals surface area contributed by atoms with Gasteiger partial charge in [0.15, 0.2) is 6.80 Å². The van der Waals surface area contributed by atoms with Crippen LogP contribution >= 0.6 is 0 Å². The third kappa shape index (κ3) is 2.22. The molecule has 2 rings (SSSR count). The molecule has 0 saturated heterocycles. The van der Waals surface area contributed by atoms with Crippen molar-refractivity contribution in [3.63, 3.8) is 0 Å². The Morgan fingerprint density at radius 3 is 2.00 bits per heavy atom. The third-order valence-electron chi connectivity index (χ3n) is 2.53. The maximum absolute atomic E-state index is 13.1. The van der Waals surface area contributed by atoms with Crippen LogP contribution in [0.25, 0.3) is 0 Å². The maximum Gasteiger partial charge on any atom is 0.166 e. The van der Waals surface area contributed by atoms with E-state index in [2.05, 4.69) is 0 Å². The van der Waals surface area contributed by atoms with Crippen molar-refractivity contribution >= 4 is 11.4 Å². The first-order chi connectivity index (χ1) is 7.81. The monoisotopic (exact) mass is 215 g/mol. The van der Waals surface area contributed by atoms with Crippen LogP contribution < -0.4 is 4.90 Å². The highest BCUT2D eigenvalue weighted by atomic mass is 19.1. The van der Waals surface area contributed by atoms with Crippen molar-refractivity contribution in [3.05, 3.63) is 60.2 Å². The molecule has 0 unspecified atom stereocenters. The van der Waals surface area contributed by atoms with Crippen molar-refractivity contribution < 1.29 is 4.39 Å². The Morgan fingerprint density at radius 1 is 0.875 bits per heavy atom. The minimum Gasteiger partial charge on any atom is -0.313 e. The SMILES string of the molecule is Cc1ccc(N(CF)c2ccccc2)cc1. The molecule has 0 heterocycles. The zero-order chi connectivity index (χ0) is 11.4. The van der Waals surface area contributed by atoms with Crippen molar-refractivity contribution in [1.29, 1.82) is 0 Å². The summed E-state index contributed by atoms with van der Waals surface area (Å²) in [5.41, 5.74) is 2.92. The predicted octanol–water partition coefficient (Wildman–Crippen LogP) is 4.06. The van der Waals surface area contributed by atoms with Crippen molar-refractivity contribution in [2.24, 2.45) is 0 Å². The van der Waals surface area contributed by atoms with Crippen molar-refractivity contribution in [3.8, 4) is 0 Å². The Morgan fingerprint density at radius 2 is 1.44 bits per heavy atom. The van der Waals surface area contributed by atoms with Crippen molar-refractivity contribution in [2.45, 2.75) is 6.92 Å². The number of para-hydroxylation sites is 1. The van der Waals surface area contributed by atoms with Gasteiger partial charge in [-0.3, -0.25) is 0 Å². The molecule has 0 amide bonds. The Bertz CT molecular complexity index is 436. The molecule has 2 aromatic carbocycles. The second kappa shape index (κ2) is 4.79. The van der Waals surface area contributed by atoms with Gasteiger partial charge >= 0.3 is 0 Å². The zero-order valence-electron chi connectivity index (χ0n) is 9.23. The van der Waals surface area contributed by atoms with Gasteiger partial charge in [0.05, 0.1) is 0 Å². The minimum absolute atomic E-state index is 0.521. The van der Waals surface area contributed by atoms with Gasteiger partial charge in [-0.2, -0.15) is 0 Å². The van der Waals surface area contributed by atoms with Crippen LogP contribution in [0.4, 0.5) is 15.8 Å². The summed E-state index contributed by atoms with van der Waals surface area (Å²) in [6, 6.07) is 17.4. The molecule has 0 fully saturated rings. The second-order valence-corrected chi connectivity index (χ2v) is 3.72. The van der Waals surface area contributed by atoms with Crippen LogP contribution in [0, 0.1) is 6.92 Å². The van der Waals surface area contributed by atoms with E-state index in [1.54, 1.807) is 4.90 Å². The van der Waals surface area contributed by atoms with Crippen LogP contribution in [0.2, 0.25) is 0 Å². The number of hydrogen-bond donors (Lipinski definition) is 0. The third-order valence-corrected chi connectivity index (χ3v) is 2.53. The molecule has 82 valence electrons. The van der Waals surface area contributed by atoms with E-state index in [0.717, 1.165) is 11.4 Å². The maximum atomic E-state index is 13.1. The summed E-state index contributed by atoms with van der Waals surface area (Å²) in [5, 5.41) is 0. The van der Waals surface area contributed by atoms with Gasteiger partial charge in [0.1, 0.15) is 0 Å². The zero-order valence-corrected chi connectivity index (χ0v) is 9.23. The number of anilines is 2. The fourth-order valence-corrected chi connectivity index (χ4v) is 1.62. The molecule has 0 aromatic heterocycles. The molecule has 0 radical (unpaired) electrons. The number of rotatable bonds is 3. The lowest BCUT2D eigenvalue weighted by Gasteiger charge is -2.21. The van der Waals surface area contributed by atoms with Gasteiger partial charge in [-0.05, 0) is 31.2 Å². The molecule has 0 bridgehead atoms. The standard InChI is InChI=1S/C14H14FN/c1-12-7-9-14(10-8-12)16(11-15)13-5-3-2-4-6-13/h2-10H,11H2,1H3. The summed E-state index contributed by atoms with van der Waals surface area (Å²) in [6.07, 6.45) is 0. The van der Waals surface area contributed by atoms with Crippen LogP contribution in [0.5, 0.6) is 0 Å². The molecule has 0 aliphatic carbocycles. The number of aryl methyl sites for hydroxylation is 1. The first-order valence-corrected chi connectivity index (χ1v) is 5.26. The van der Waals surface area contributed by atoms with Crippen LogP contribution in [-0.2, 0) is 0 Å². The smallest absolute Gasteiger partial charge is 0.166 e. The number of hydrogen-bond acceptors (Lipinski definition) is 1. The summed E-state index contributed by atoms with van der Waals surface area (Å²) < 4.78 is 13.1. The molecular formula is C14H14FN. The molecule has 0 spiro atoms. The average Bonchev–Trinajstić information content (AvgIpc) is 2.34. The summed E-state index contributed by atoms with van der Waals surface area (Å²) in [4.78, 5) is 1.64. The molecule has 0 N–H and O–H groups in total. The summed E-state index contributed by atoms with van der Waals surface area (Å²) in [7, 11) is 0. The van der Waals surface area contributed by atoms with Gasteiger partial charge in [-0.1, -0.05) is 35.9 Å². The van der Waals surface area contributed by atoms with E-state index in [0.29, 0.717) is 0 Å². The van der Waals surface area contributed by atoms with Gasteiger partial charge < -0.3 is 4.90 Å². The topological polar surface area (TPSA) is 3.24 Å². The molecule has 2 aromatic rings. The largest absolute Gasteiger partial charge is 0.313 e. The normalized spacial score (nSPS) is 10.1. The van der Waals surface area contributed by atoms with Crippen LogP contribution in [-0.4, -0.2) is 6.80 Å². The number of alkyl halides is 1. The average molecular weight is 215 g/mol. The number of nitrogens with zero attached hydrogens (tertiary/aromatic N) is 1. The Kier molecular flexibility index (Phi) is 3.20. The van der Waals surface area contributed by atoms with E-state index in [1.807, 2.05) is 61.5 Å². The lowest BCUT2D eigenvalue weighted by molar-refractivity contribution is 0.502. The molecule has 0 atom stereocenters. The Balaban J connectivity index is 2.33. The second-order valence-electron chi connectivity index (χ2n) is 3.72. The van der Waals surface area contributed by atoms with E-state index >= 15 is 0 Å². The van der Waals surface area contributed by atoms with Gasteiger partial charge in [0.2, 0.25) is 0 Å². The van der Waals surface area contributed by atoms with Gasteiger partial charge in [0.25, 0.3) is 0 Å². The lowest BCUT2D eigenvalue weighted by atomic mass is 10.2. The van der Waals surface area contributed by atoms with E-state index in [4.69, 9.17) is 0 Å². The van der Waals surface area contributed by atoms with Gasteiger partial charge in [-0.15, -0.1) is 0 Å². The first kappa shape index (κ1) is 10.7. The molecule has 0 aliphatic heterocycles. The lowest BCUT2D eigenvalue weighted by Crippen LogP contribution is -2.14. The van der Waals surface area contributed by atoms with E-state index in [9.17, 15) is 4.39 Å². The predicted molar refractivity (Wildman–Crippen MR) is 65.7 cm³/mol. The van der Waals surface area contributed by atoms with E-state index in [1.165, 1.54) is 5.56 Å². The van der Waals surface area contributed by atoms with Crippen molar-refractivity contribution in [2.75, 3.05) is 11.7 Å². The highest BCUT2D eigenvalue weighted by Gasteiger charge is 2.07. The fourth-order valence-electron chi connectivity index (χ4n) is 1.62. The van der Waals surface area contributed by atoms with Gasteiger partial charge in [-0.25, -0.2) is 4.39 Å².